The van der Waals surface area contributed by atoms with E-state index in [0.29, 0.717) is 6.54 Å². The molecule has 0 N–H and O–H groups in total. The highest BCUT2D eigenvalue weighted by atomic mass is 16.1. The molecule has 0 aromatic rings. The molecule has 0 aromatic heterocycles. The summed E-state index contributed by atoms with van der Waals surface area (Å²) < 4.78 is 0. The van der Waals surface area contributed by atoms with Crippen LogP contribution in [-0.2, 0) is 4.79 Å². The Morgan fingerprint density at radius 1 is 1.78 bits per heavy atom. The first-order valence-corrected chi connectivity index (χ1v) is 3.13. The van der Waals surface area contributed by atoms with E-state index in [1.165, 1.54) is 0 Å². The van der Waals surface area contributed by atoms with Crippen molar-refractivity contribution in [3.63, 3.8) is 0 Å². The Morgan fingerprint density at radius 2 is 2.44 bits per heavy atom. The van der Waals surface area contributed by atoms with E-state index in [-0.39, 0.29) is 5.92 Å². The number of aldehydes is 1. The van der Waals surface area contributed by atoms with Crippen LogP contribution in [0.5, 0.6) is 0 Å². The van der Waals surface area contributed by atoms with E-state index in [1.54, 1.807) is 0 Å². The van der Waals surface area contributed by atoms with Gasteiger partial charge in [0.25, 0.3) is 0 Å². The van der Waals surface area contributed by atoms with Crippen LogP contribution in [0.3, 0.4) is 0 Å². The van der Waals surface area contributed by atoms with E-state index in [0.717, 1.165) is 19.1 Å². The van der Waals surface area contributed by atoms with Crippen molar-refractivity contribution in [2.75, 3.05) is 6.54 Å². The van der Waals surface area contributed by atoms with Crippen molar-refractivity contribution in [3.8, 4) is 0 Å². The lowest BCUT2D eigenvalue weighted by atomic mass is 10.1. The highest BCUT2D eigenvalue weighted by Crippen LogP contribution is 2.03. The van der Waals surface area contributed by atoms with Crippen LogP contribution in [0.4, 0.5) is 0 Å². The number of carbonyl (C=O) groups is 1. The second kappa shape index (κ2) is 5.30. The highest BCUT2D eigenvalue weighted by Gasteiger charge is 2.03. The summed E-state index contributed by atoms with van der Waals surface area (Å²) in [6.45, 7) is 8.90. The van der Waals surface area contributed by atoms with Gasteiger partial charge in [0.2, 0.25) is 6.54 Å². The molecule has 2 heteroatoms. The van der Waals surface area contributed by atoms with Gasteiger partial charge in [0.1, 0.15) is 6.29 Å². The van der Waals surface area contributed by atoms with Gasteiger partial charge in [0.15, 0.2) is 0 Å². The average molecular weight is 125 g/mol. The minimum Gasteiger partial charge on any atom is -0.317 e. The van der Waals surface area contributed by atoms with Crippen molar-refractivity contribution in [3.05, 3.63) is 11.4 Å². The molecule has 0 rings (SSSR count). The molecule has 1 unspecified atom stereocenters. The maximum atomic E-state index is 10.1. The van der Waals surface area contributed by atoms with Crippen LogP contribution in [0.15, 0.2) is 0 Å². The summed E-state index contributed by atoms with van der Waals surface area (Å²) in [5, 5.41) is 0. The molecule has 0 saturated heterocycles. The van der Waals surface area contributed by atoms with Crippen molar-refractivity contribution in [2.24, 2.45) is 5.92 Å². The summed E-state index contributed by atoms with van der Waals surface area (Å²) in [5.74, 6) is 0.110. The average Bonchev–Trinajstić information content (AvgIpc) is 1.91. The number of nitrogens with zero attached hydrogens (tertiary/aromatic N) is 1. The minimum atomic E-state index is 0.110. The van der Waals surface area contributed by atoms with Gasteiger partial charge in [0.05, 0.1) is 0 Å². The second-order valence-electron chi connectivity index (χ2n) is 1.97. The first-order chi connectivity index (χ1) is 4.35. The Hall–Kier alpha value is -0.840. The zero-order valence-corrected chi connectivity index (χ0v) is 5.63. The van der Waals surface area contributed by atoms with E-state index in [2.05, 4.69) is 4.85 Å². The number of carbonyl (C=O) groups excluding carboxylic acids is 1. The van der Waals surface area contributed by atoms with Crippen molar-refractivity contribution < 1.29 is 4.79 Å². The van der Waals surface area contributed by atoms with Gasteiger partial charge in [-0.25, -0.2) is 6.57 Å². The monoisotopic (exact) mass is 125 g/mol. The third-order valence-electron chi connectivity index (χ3n) is 1.33. The summed E-state index contributed by atoms with van der Waals surface area (Å²) in [7, 11) is 0. The molecule has 0 radical (unpaired) electrons. The zero-order valence-electron chi connectivity index (χ0n) is 5.63. The third-order valence-corrected chi connectivity index (χ3v) is 1.33. The van der Waals surface area contributed by atoms with E-state index in [9.17, 15) is 4.79 Å². The fourth-order valence-electron chi connectivity index (χ4n) is 0.599. The van der Waals surface area contributed by atoms with Gasteiger partial charge in [-0.2, -0.15) is 0 Å². The quantitative estimate of drug-likeness (QED) is 0.412. The molecule has 50 valence electrons. The molecule has 1 atom stereocenters. The zero-order chi connectivity index (χ0) is 7.11. The molecule has 2 nitrogen and oxygen atoms in total. The van der Waals surface area contributed by atoms with Crippen LogP contribution >= 0.6 is 0 Å². The van der Waals surface area contributed by atoms with E-state index >= 15 is 0 Å². The van der Waals surface area contributed by atoms with Gasteiger partial charge in [-0.05, 0) is 6.42 Å². The van der Waals surface area contributed by atoms with E-state index in [4.69, 9.17) is 6.57 Å². The lowest BCUT2D eigenvalue weighted by Crippen LogP contribution is -2.00. The molecule has 0 saturated carbocycles. The molecule has 0 aromatic carbocycles. The highest BCUT2D eigenvalue weighted by molar-refractivity contribution is 5.53. The Labute approximate surface area is 55.7 Å². The Morgan fingerprint density at radius 3 is 2.78 bits per heavy atom. The fourth-order valence-corrected chi connectivity index (χ4v) is 0.599. The van der Waals surface area contributed by atoms with Crippen LogP contribution in [0.2, 0.25) is 0 Å². The molecular formula is C7H11NO. The van der Waals surface area contributed by atoms with Crippen LogP contribution in [0.25, 0.3) is 4.85 Å². The SMILES string of the molecule is [C-]#[N+]CCC(C=O)CC. The third kappa shape index (κ3) is 3.72. The van der Waals surface area contributed by atoms with Gasteiger partial charge in [0, 0.05) is 12.3 Å². The molecule has 0 aliphatic carbocycles. The minimum absolute atomic E-state index is 0.110. The van der Waals surface area contributed by atoms with Crippen molar-refractivity contribution >= 4 is 6.29 Å². The van der Waals surface area contributed by atoms with Crippen LogP contribution in [-0.4, -0.2) is 12.8 Å². The van der Waals surface area contributed by atoms with Gasteiger partial charge in [-0.15, -0.1) is 0 Å². The van der Waals surface area contributed by atoms with Gasteiger partial charge >= 0.3 is 0 Å². The molecule has 0 amide bonds. The van der Waals surface area contributed by atoms with E-state index < -0.39 is 0 Å². The standard InChI is InChI=1S/C7H11NO/c1-3-7(6-9)4-5-8-2/h6-7H,3-5H2,1H3. The number of rotatable bonds is 4. The summed E-state index contributed by atoms with van der Waals surface area (Å²) in [6.07, 6.45) is 2.52. The largest absolute Gasteiger partial charge is 0.317 e. The van der Waals surface area contributed by atoms with Gasteiger partial charge in [-0.1, -0.05) is 6.92 Å². The first-order valence-electron chi connectivity index (χ1n) is 3.13. The second-order valence-corrected chi connectivity index (χ2v) is 1.97. The van der Waals surface area contributed by atoms with Crippen LogP contribution in [0.1, 0.15) is 19.8 Å². The van der Waals surface area contributed by atoms with Crippen LogP contribution < -0.4 is 0 Å². The molecule has 0 heterocycles. The Kier molecular flexibility index (Phi) is 4.81. The molecule has 0 bridgehead atoms. The molecule has 0 aliphatic heterocycles. The summed E-state index contributed by atoms with van der Waals surface area (Å²) in [5.41, 5.74) is 0. The predicted molar refractivity (Wildman–Crippen MR) is 35.9 cm³/mol. The van der Waals surface area contributed by atoms with Crippen molar-refractivity contribution in [2.45, 2.75) is 19.8 Å². The summed E-state index contributed by atoms with van der Waals surface area (Å²) in [6, 6.07) is 0. The normalized spacial score (nSPS) is 12.0. The maximum Gasteiger partial charge on any atom is 0.215 e. The Balaban J connectivity index is 3.33. The summed E-state index contributed by atoms with van der Waals surface area (Å²) in [4.78, 5) is 13.3. The predicted octanol–water partition coefficient (Wildman–Crippen LogP) is 1.52. The topological polar surface area (TPSA) is 21.4 Å². The molecule has 0 aliphatic rings. The maximum absolute atomic E-state index is 10.1. The lowest BCUT2D eigenvalue weighted by molar-refractivity contribution is -0.111. The van der Waals surface area contributed by atoms with Gasteiger partial charge in [-0.3, -0.25) is 0 Å². The smallest absolute Gasteiger partial charge is 0.215 e. The van der Waals surface area contributed by atoms with Gasteiger partial charge < -0.3 is 9.64 Å². The number of hydrogen-bond donors (Lipinski definition) is 0. The summed E-state index contributed by atoms with van der Waals surface area (Å²) >= 11 is 0. The Bertz CT molecular complexity index is 115. The van der Waals surface area contributed by atoms with Crippen molar-refractivity contribution in [1.29, 1.82) is 0 Å². The molecule has 0 fully saturated rings. The fraction of sp³-hybridized carbons (Fsp3) is 0.714. The number of hydrogen-bond acceptors (Lipinski definition) is 1. The molecular weight excluding hydrogens is 114 g/mol. The van der Waals surface area contributed by atoms with Crippen LogP contribution in [0, 0.1) is 12.5 Å². The molecule has 0 spiro atoms. The van der Waals surface area contributed by atoms with E-state index in [1.807, 2.05) is 6.92 Å². The first kappa shape index (κ1) is 8.16. The lowest BCUT2D eigenvalue weighted by Gasteiger charge is -1.98. The van der Waals surface area contributed by atoms with Crippen molar-refractivity contribution in [1.82, 2.24) is 0 Å². The molecule has 9 heavy (non-hydrogen) atoms.